The number of amides is 1. The van der Waals surface area contributed by atoms with E-state index in [9.17, 15) is 4.79 Å². The molecule has 2 atom stereocenters. The summed E-state index contributed by atoms with van der Waals surface area (Å²) in [6.45, 7) is 6.24. The number of carbonyl (C=O) groups excluding carboxylic acids is 1. The summed E-state index contributed by atoms with van der Waals surface area (Å²) in [6, 6.07) is 5.87. The van der Waals surface area contributed by atoms with Crippen molar-refractivity contribution in [3.8, 4) is 0 Å². The highest BCUT2D eigenvalue weighted by Crippen LogP contribution is 2.22. The molecule has 0 radical (unpaired) electrons. The molecule has 1 amide bonds. The zero-order chi connectivity index (χ0) is 14.7. The summed E-state index contributed by atoms with van der Waals surface area (Å²) in [5.74, 6) is 0.401. The Balaban J connectivity index is 1.89. The summed E-state index contributed by atoms with van der Waals surface area (Å²) in [5, 5.41) is 3.44. The van der Waals surface area contributed by atoms with E-state index in [1.54, 1.807) is 0 Å². The van der Waals surface area contributed by atoms with Crippen LogP contribution >= 0.6 is 11.6 Å². The number of anilines is 1. The maximum atomic E-state index is 12.1. The van der Waals surface area contributed by atoms with Crippen LogP contribution in [0.1, 0.15) is 18.9 Å². The van der Waals surface area contributed by atoms with Crippen LogP contribution in [0.2, 0.25) is 5.02 Å². The molecule has 0 spiro atoms. The van der Waals surface area contributed by atoms with E-state index in [4.69, 9.17) is 17.3 Å². The van der Waals surface area contributed by atoms with Crippen molar-refractivity contribution in [1.29, 1.82) is 0 Å². The smallest absolute Gasteiger partial charge is 0.238 e. The van der Waals surface area contributed by atoms with Crippen molar-refractivity contribution in [3.05, 3.63) is 28.8 Å². The van der Waals surface area contributed by atoms with Gasteiger partial charge in [0.2, 0.25) is 5.91 Å². The van der Waals surface area contributed by atoms with E-state index in [-0.39, 0.29) is 11.9 Å². The van der Waals surface area contributed by atoms with Crippen molar-refractivity contribution in [1.82, 2.24) is 4.90 Å². The first-order valence-corrected chi connectivity index (χ1v) is 7.37. The number of nitrogens with one attached hydrogen (secondary N) is 1. The van der Waals surface area contributed by atoms with Crippen molar-refractivity contribution < 1.29 is 4.79 Å². The fraction of sp³-hybridized carbons (Fsp3) is 0.533. The van der Waals surface area contributed by atoms with Crippen LogP contribution in [0.3, 0.4) is 0 Å². The lowest BCUT2D eigenvalue weighted by molar-refractivity contribution is -0.117. The van der Waals surface area contributed by atoms with Gasteiger partial charge in [-0.25, -0.2) is 0 Å². The van der Waals surface area contributed by atoms with Crippen LogP contribution in [0.25, 0.3) is 0 Å². The normalized spacial score (nSPS) is 23.6. The molecule has 1 fully saturated rings. The number of nitrogens with two attached hydrogens (primary N) is 1. The highest BCUT2D eigenvalue weighted by molar-refractivity contribution is 6.33. The molecule has 1 heterocycles. The summed E-state index contributed by atoms with van der Waals surface area (Å²) >= 11 is 6.11. The van der Waals surface area contributed by atoms with Gasteiger partial charge in [0.1, 0.15) is 0 Å². The molecule has 2 unspecified atom stereocenters. The third-order valence-corrected chi connectivity index (χ3v) is 4.13. The lowest BCUT2D eigenvalue weighted by atomic mass is 9.95. The Morgan fingerprint density at radius 1 is 1.55 bits per heavy atom. The maximum Gasteiger partial charge on any atom is 0.238 e. The van der Waals surface area contributed by atoms with Crippen molar-refractivity contribution in [2.24, 2.45) is 11.7 Å². The topological polar surface area (TPSA) is 58.4 Å². The SMILES string of the molecule is Cc1ccc(NC(=O)CN2CCC(N)C(C)C2)c(Cl)c1. The zero-order valence-corrected chi connectivity index (χ0v) is 12.8. The van der Waals surface area contributed by atoms with Gasteiger partial charge in [0, 0.05) is 19.1 Å². The number of aryl methyl sites for hydroxylation is 1. The van der Waals surface area contributed by atoms with Crippen LogP contribution in [-0.2, 0) is 4.79 Å². The van der Waals surface area contributed by atoms with Gasteiger partial charge >= 0.3 is 0 Å². The van der Waals surface area contributed by atoms with Gasteiger partial charge in [-0.3, -0.25) is 9.69 Å². The molecule has 5 heteroatoms. The lowest BCUT2D eigenvalue weighted by Crippen LogP contribution is -2.48. The van der Waals surface area contributed by atoms with Gasteiger partial charge in [-0.1, -0.05) is 24.6 Å². The number of benzene rings is 1. The number of hydrogen-bond donors (Lipinski definition) is 2. The van der Waals surface area contributed by atoms with E-state index >= 15 is 0 Å². The van der Waals surface area contributed by atoms with E-state index in [0.717, 1.165) is 25.1 Å². The van der Waals surface area contributed by atoms with Crippen LogP contribution in [0.5, 0.6) is 0 Å². The molecule has 0 aromatic heterocycles. The average Bonchev–Trinajstić information content (AvgIpc) is 2.37. The Bertz CT molecular complexity index is 492. The molecule has 0 bridgehead atoms. The summed E-state index contributed by atoms with van der Waals surface area (Å²) in [5.41, 5.74) is 7.73. The van der Waals surface area contributed by atoms with Crippen LogP contribution in [0.15, 0.2) is 18.2 Å². The van der Waals surface area contributed by atoms with Crippen LogP contribution in [-0.4, -0.2) is 36.5 Å². The molecular formula is C15H22ClN3O. The van der Waals surface area contributed by atoms with Gasteiger partial charge in [0.15, 0.2) is 0 Å². The molecule has 1 aliphatic rings. The fourth-order valence-electron chi connectivity index (χ4n) is 2.51. The molecule has 0 saturated carbocycles. The van der Waals surface area contributed by atoms with Gasteiger partial charge in [-0.05, 0) is 37.0 Å². The molecule has 1 aliphatic heterocycles. The van der Waals surface area contributed by atoms with Gasteiger partial charge in [0.05, 0.1) is 17.3 Å². The van der Waals surface area contributed by atoms with E-state index in [1.165, 1.54) is 0 Å². The molecule has 2 rings (SSSR count). The van der Waals surface area contributed by atoms with E-state index < -0.39 is 0 Å². The van der Waals surface area contributed by atoms with Crippen LogP contribution < -0.4 is 11.1 Å². The second-order valence-corrected chi connectivity index (χ2v) is 6.10. The largest absolute Gasteiger partial charge is 0.327 e. The Morgan fingerprint density at radius 3 is 2.95 bits per heavy atom. The molecule has 1 aromatic carbocycles. The minimum absolute atomic E-state index is 0.0292. The van der Waals surface area contributed by atoms with Crippen molar-refractivity contribution in [3.63, 3.8) is 0 Å². The molecular weight excluding hydrogens is 274 g/mol. The Morgan fingerprint density at radius 2 is 2.30 bits per heavy atom. The second-order valence-electron chi connectivity index (χ2n) is 5.70. The molecule has 1 saturated heterocycles. The predicted octanol–water partition coefficient (Wildman–Crippen LogP) is 2.26. The zero-order valence-electron chi connectivity index (χ0n) is 12.0. The molecule has 3 N–H and O–H groups in total. The molecule has 1 aromatic rings. The summed E-state index contributed by atoms with van der Waals surface area (Å²) in [7, 11) is 0. The number of hydrogen-bond acceptors (Lipinski definition) is 3. The Labute approximate surface area is 125 Å². The summed E-state index contributed by atoms with van der Waals surface area (Å²) < 4.78 is 0. The number of carbonyl (C=O) groups is 1. The van der Waals surface area contributed by atoms with Gasteiger partial charge in [0.25, 0.3) is 0 Å². The highest BCUT2D eigenvalue weighted by Gasteiger charge is 2.24. The van der Waals surface area contributed by atoms with Crippen molar-refractivity contribution in [2.75, 3.05) is 25.0 Å². The van der Waals surface area contributed by atoms with Crippen molar-refractivity contribution in [2.45, 2.75) is 26.3 Å². The van der Waals surface area contributed by atoms with Gasteiger partial charge in [-0.15, -0.1) is 0 Å². The average molecular weight is 296 g/mol. The minimum Gasteiger partial charge on any atom is -0.327 e. The minimum atomic E-state index is -0.0292. The quantitative estimate of drug-likeness (QED) is 0.899. The molecule has 4 nitrogen and oxygen atoms in total. The standard InChI is InChI=1S/C15H22ClN3O/c1-10-3-4-14(12(16)7-10)18-15(20)9-19-6-5-13(17)11(2)8-19/h3-4,7,11,13H,5-6,8-9,17H2,1-2H3,(H,18,20). The molecule has 110 valence electrons. The lowest BCUT2D eigenvalue weighted by Gasteiger charge is -2.34. The Kier molecular flexibility index (Phi) is 5.02. The van der Waals surface area contributed by atoms with Crippen LogP contribution in [0.4, 0.5) is 5.69 Å². The van der Waals surface area contributed by atoms with Crippen molar-refractivity contribution >= 4 is 23.2 Å². The molecule has 0 aliphatic carbocycles. The predicted molar refractivity (Wildman–Crippen MR) is 83.0 cm³/mol. The number of nitrogens with zero attached hydrogens (tertiary/aromatic N) is 1. The van der Waals surface area contributed by atoms with E-state index in [2.05, 4.69) is 17.1 Å². The van der Waals surface area contributed by atoms with E-state index in [1.807, 2.05) is 25.1 Å². The number of halogens is 1. The third-order valence-electron chi connectivity index (χ3n) is 3.82. The monoisotopic (exact) mass is 295 g/mol. The number of piperidine rings is 1. The number of likely N-dealkylation sites (tertiary alicyclic amines) is 1. The van der Waals surface area contributed by atoms with Gasteiger partial charge < -0.3 is 11.1 Å². The first-order chi connectivity index (χ1) is 9.45. The Hall–Kier alpha value is -1.10. The summed E-state index contributed by atoms with van der Waals surface area (Å²) in [6.07, 6.45) is 0.944. The first-order valence-electron chi connectivity index (χ1n) is 6.99. The maximum absolute atomic E-state index is 12.1. The van der Waals surface area contributed by atoms with Gasteiger partial charge in [-0.2, -0.15) is 0 Å². The third kappa shape index (κ3) is 3.95. The van der Waals surface area contributed by atoms with Crippen LogP contribution in [0, 0.1) is 12.8 Å². The summed E-state index contributed by atoms with van der Waals surface area (Å²) in [4.78, 5) is 14.2. The highest BCUT2D eigenvalue weighted by atomic mass is 35.5. The second kappa shape index (κ2) is 6.57. The van der Waals surface area contributed by atoms with E-state index in [0.29, 0.717) is 23.2 Å². The molecule has 20 heavy (non-hydrogen) atoms. The first kappa shape index (κ1) is 15.3. The fourth-order valence-corrected chi connectivity index (χ4v) is 2.79. The number of rotatable bonds is 3.